The zero-order chi connectivity index (χ0) is 8.97. The highest BCUT2D eigenvalue weighted by molar-refractivity contribution is 6.30. The Morgan fingerprint density at radius 1 is 1.42 bits per heavy atom. The zero-order valence-corrected chi connectivity index (χ0v) is 7.67. The van der Waals surface area contributed by atoms with E-state index in [-0.39, 0.29) is 0 Å². The molecule has 12 heavy (non-hydrogen) atoms. The van der Waals surface area contributed by atoms with Gasteiger partial charge in [0, 0.05) is 11.4 Å². The SMILES string of the molecule is CC(CC#N)c1ccc(Cl)cc1. The first kappa shape index (κ1) is 9.09. The molecule has 0 fully saturated rings. The Hall–Kier alpha value is -1.00. The predicted octanol–water partition coefficient (Wildman–Crippen LogP) is 3.36. The Kier molecular flexibility index (Phi) is 3.13. The minimum Gasteiger partial charge on any atom is -0.198 e. The molecule has 0 aliphatic carbocycles. The van der Waals surface area contributed by atoms with Crippen LogP contribution in [-0.2, 0) is 0 Å². The molecule has 62 valence electrons. The zero-order valence-electron chi connectivity index (χ0n) is 6.92. The van der Waals surface area contributed by atoms with Gasteiger partial charge in [-0.1, -0.05) is 30.7 Å². The van der Waals surface area contributed by atoms with E-state index < -0.39 is 0 Å². The van der Waals surface area contributed by atoms with E-state index in [0.717, 1.165) is 5.02 Å². The molecule has 0 bridgehead atoms. The average Bonchev–Trinajstić information content (AvgIpc) is 2.06. The lowest BCUT2D eigenvalue weighted by Gasteiger charge is -2.06. The summed E-state index contributed by atoms with van der Waals surface area (Å²) in [6, 6.07) is 9.78. The Labute approximate surface area is 77.6 Å². The normalized spacial score (nSPS) is 12.1. The quantitative estimate of drug-likeness (QED) is 0.683. The van der Waals surface area contributed by atoms with E-state index in [9.17, 15) is 0 Å². The summed E-state index contributed by atoms with van der Waals surface area (Å²) in [7, 11) is 0. The molecule has 0 N–H and O–H groups in total. The molecule has 1 aromatic rings. The Morgan fingerprint density at radius 3 is 2.50 bits per heavy atom. The van der Waals surface area contributed by atoms with Crippen LogP contribution in [0.5, 0.6) is 0 Å². The third kappa shape index (κ3) is 2.25. The van der Waals surface area contributed by atoms with E-state index in [1.165, 1.54) is 5.56 Å². The topological polar surface area (TPSA) is 23.8 Å². The molecule has 0 amide bonds. The summed E-state index contributed by atoms with van der Waals surface area (Å²) in [6.45, 7) is 2.03. The first-order valence-electron chi connectivity index (χ1n) is 3.86. The van der Waals surface area contributed by atoms with E-state index >= 15 is 0 Å². The maximum atomic E-state index is 8.48. The van der Waals surface area contributed by atoms with Gasteiger partial charge in [-0.2, -0.15) is 5.26 Å². The second-order valence-electron chi connectivity index (χ2n) is 2.81. The molecule has 0 aromatic heterocycles. The molecule has 1 aromatic carbocycles. The number of hydrogen-bond donors (Lipinski definition) is 0. The van der Waals surface area contributed by atoms with Crippen LogP contribution in [0, 0.1) is 11.3 Å². The van der Waals surface area contributed by atoms with Crippen LogP contribution >= 0.6 is 11.6 Å². The lowest BCUT2D eigenvalue weighted by Crippen LogP contribution is -1.90. The van der Waals surface area contributed by atoms with Gasteiger partial charge in [-0.3, -0.25) is 0 Å². The Morgan fingerprint density at radius 2 is 2.00 bits per heavy atom. The monoisotopic (exact) mass is 179 g/mol. The van der Waals surface area contributed by atoms with Gasteiger partial charge in [-0.25, -0.2) is 0 Å². The van der Waals surface area contributed by atoms with Crippen molar-refractivity contribution in [1.29, 1.82) is 5.26 Å². The molecule has 0 spiro atoms. The second-order valence-corrected chi connectivity index (χ2v) is 3.25. The number of benzene rings is 1. The first-order chi connectivity index (χ1) is 5.74. The van der Waals surface area contributed by atoms with E-state index in [1.807, 2.05) is 31.2 Å². The van der Waals surface area contributed by atoms with Crippen molar-refractivity contribution in [3.8, 4) is 6.07 Å². The first-order valence-corrected chi connectivity index (χ1v) is 4.24. The van der Waals surface area contributed by atoms with Gasteiger partial charge in [-0.15, -0.1) is 0 Å². The van der Waals surface area contributed by atoms with Crippen molar-refractivity contribution in [2.24, 2.45) is 0 Å². The molecule has 0 saturated heterocycles. The van der Waals surface area contributed by atoms with Gasteiger partial charge >= 0.3 is 0 Å². The van der Waals surface area contributed by atoms with Crippen molar-refractivity contribution in [3.63, 3.8) is 0 Å². The van der Waals surface area contributed by atoms with Gasteiger partial charge in [0.2, 0.25) is 0 Å². The third-order valence-corrected chi connectivity index (χ3v) is 2.09. The fraction of sp³-hybridized carbons (Fsp3) is 0.300. The van der Waals surface area contributed by atoms with Crippen molar-refractivity contribution in [2.45, 2.75) is 19.3 Å². The summed E-state index contributed by atoms with van der Waals surface area (Å²) in [5.74, 6) is 0.298. The molecule has 0 heterocycles. The summed E-state index contributed by atoms with van der Waals surface area (Å²) in [5, 5.41) is 9.22. The van der Waals surface area contributed by atoms with Gasteiger partial charge in [0.15, 0.2) is 0 Å². The lowest BCUT2D eigenvalue weighted by atomic mass is 9.99. The van der Waals surface area contributed by atoms with Gasteiger partial charge in [0.1, 0.15) is 0 Å². The number of nitrogens with zero attached hydrogens (tertiary/aromatic N) is 1. The van der Waals surface area contributed by atoms with Crippen LogP contribution in [0.15, 0.2) is 24.3 Å². The molecule has 0 saturated carbocycles. The molecular weight excluding hydrogens is 170 g/mol. The van der Waals surface area contributed by atoms with Crippen LogP contribution in [0.3, 0.4) is 0 Å². The molecule has 2 heteroatoms. The third-order valence-electron chi connectivity index (χ3n) is 1.84. The molecule has 1 unspecified atom stereocenters. The van der Waals surface area contributed by atoms with Crippen LogP contribution in [0.4, 0.5) is 0 Å². The largest absolute Gasteiger partial charge is 0.198 e. The van der Waals surface area contributed by atoms with E-state index in [1.54, 1.807) is 0 Å². The number of hydrogen-bond acceptors (Lipinski definition) is 1. The summed E-state index contributed by atoms with van der Waals surface area (Å²) in [6.07, 6.45) is 0.557. The number of rotatable bonds is 2. The summed E-state index contributed by atoms with van der Waals surface area (Å²) in [5.41, 5.74) is 1.17. The Balaban J connectivity index is 2.76. The van der Waals surface area contributed by atoms with Crippen molar-refractivity contribution in [3.05, 3.63) is 34.9 Å². The molecule has 0 radical (unpaired) electrons. The van der Waals surface area contributed by atoms with Crippen LogP contribution in [0.25, 0.3) is 0 Å². The van der Waals surface area contributed by atoms with E-state index in [0.29, 0.717) is 12.3 Å². The maximum Gasteiger partial charge on any atom is 0.0628 e. The second kappa shape index (κ2) is 4.13. The predicted molar refractivity (Wildman–Crippen MR) is 50.1 cm³/mol. The van der Waals surface area contributed by atoms with Gasteiger partial charge in [0.05, 0.1) is 6.07 Å². The molecule has 1 rings (SSSR count). The molecule has 0 aliphatic rings. The van der Waals surface area contributed by atoms with Crippen molar-refractivity contribution in [2.75, 3.05) is 0 Å². The van der Waals surface area contributed by atoms with Crippen molar-refractivity contribution < 1.29 is 0 Å². The maximum absolute atomic E-state index is 8.48. The van der Waals surface area contributed by atoms with E-state index in [2.05, 4.69) is 6.07 Å². The fourth-order valence-corrected chi connectivity index (χ4v) is 1.17. The van der Waals surface area contributed by atoms with Crippen molar-refractivity contribution >= 4 is 11.6 Å². The summed E-state index contributed by atoms with van der Waals surface area (Å²) >= 11 is 5.73. The standard InChI is InChI=1S/C10H10ClN/c1-8(6-7-12)9-2-4-10(11)5-3-9/h2-5,8H,6H2,1H3. The van der Waals surface area contributed by atoms with Crippen LogP contribution < -0.4 is 0 Å². The number of nitriles is 1. The highest BCUT2D eigenvalue weighted by atomic mass is 35.5. The van der Waals surface area contributed by atoms with Gasteiger partial charge in [-0.05, 0) is 23.6 Å². The summed E-state index contributed by atoms with van der Waals surface area (Å²) < 4.78 is 0. The highest BCUT2D eigenvalue weighted by Crippen LogP contribution is 2.20. The van der Waals surface area contributed by atoms with Crippen molar-refractivity contribution in [1.82, 2.24) is 0 Å². The summed E-state index contributed by atoms with van der Waals surface area (Å²) in [4.78, 5) is 0. The van der Waals surface area contributed by atoms with Crippen LogP contribution in [-0.4, -0.2) is 0 Å². The van der Waals surface area contributed by atoms with Crippen LogP contribution in [0.1, 0.15) is 24.8 Å². The van der Waals surface area contributed by atoms with E-state index in [4.69, 9.17) is 16.9 Å². The lowest BCUT2D eigenvalue weighted by molar-refractivity contribution is 0.789. The average molecular weight is 180 g/mol. The smallest absolute Gasteiger partial charge is 0.0628 e. The van der Waals surface area contributed by atoms with Gasteiger partial charge < -0.3 is 0 Å². The molecule has 1 atom stereocenters. The molecule has 1 nitrogen and oxygen atoms in total. The molecular formula is C10H10ClN. The minimum atomic E-state index is 0.298. The van der Waals surface area contributed by atoms with Crippen LogP contribution in [0.2, 0.25) is 5.02 Å². The minimum absolute atomic E-state index is 0.298. The number of halogens is 1. The highest BCUT2D eigenvalue weighted by Gasteiger charge is 2.03. The fourth-order valence-electron chi connectivity index (χ4n) is 1.05. The Bertz CT molecular complexity index is 284. The van der Waals surface area contributed by atoms with Gasteiger partial charge in [0.25, 0.3) is 0 Å². The molecule has 0 aliphatic heterocycles.